The number of anilines is 1. The van der Waals surface area contributed by atoms with E-state index in [2.05, 4.69) is 31.0 Å². The van der Waals surface area contributed by atoms with E-state index in [1.165, 1.54) is 5.56 Å². The van der Waals surface area contributed by atoms with E-state index in [0.717, 1.165) is 56.6 Å². The van der Waals surface area contributed by atoms with Crippen molar-refractivity contribution < 1.29 is 14.3 Å². The molecule has 0 atom stereocenters. The Morgan fingerprint density at radius 3 is 2.50 bits per heavy atom. The van der Waals surface area contributed by atoms with Gasteiger partial charge >= 0.3 is 0 Å². The van der Waals surface area contributed by atoms with Crippen LogP contribution in [0.15, 0.2) is 48.5 Å². The quantitative estimate of drug-likeness (QED) is 0.518. The fourth-order valence-electron chi connectivity index (χ4n) is 5.08. The second-order valence-electron chi connectivity index (χ2n) is 9.45. The maximum Gasteiger partial charge on any atom is 0.253 e. The molecule has 6 heteroatoms. The molecule has 2 heterocycles. The van der Waals surface area contributed by atoms with E-state index < -0.39 is 0 Å². The van der Waals surface area contributed by atoms with Crippen molar-refractivity contribution in [3.05, 3.63) is 59.7 Å². The number of carbonyl (C=O) groups is 2. The Morgan fingerprint density at radius 1 is 1.03 bits per heavy atom. The molecule has 182 valence electrons. The topological polar surface area (TPSA) is 53.1 Å². The molecule has 1 saturated heterocycles. The van der Waals surface area contributed by atoms with E-state index in [9.17, 15) is 9.59 Å². The van der Waals surface area contributed by atoms with Crippen LogP contribution < -0.4 is 9.64 Å². The second kappa shape index (κ2) is 11.5. The molecule has 2 aromatic rings. The summed E-state index contributed by atoms with van der Waals surface area (Å²) in [5, 5.41) is 0. The number of amides is 2. The summed E-state index contributed by atoms with van der Waals surface area (Å²) in [5.41, 5.74) is 2.99. The molecule has 2 amide bonds. The standard InChI is InChI=1S/C28H37N3O3/c1-3-17-29(2)18-6-21-34-25-12-9-23(10-13-25)28(33)30-19-15-24(16-20-30)31-26-8-5-4-7-22(26)11-14-27(31)32/h4-5,7-10,12-13,24H,3,6,11,14-21H2,1-2H3. The van der Waals surface area contributed by atoms with Crippen LogP contribution in [0.2, 0.25) is 0 Å². The van der Waals surface area contributed by atoms with Crippen molar-refractivity contribution in [3.63, 3.8) is 0 Å². The van der Waals surface area contributed by atoms with Crippen molar-refractivity contribution in [2.24, 2.45) is 0 Å². The number of aryl methyl sites for hydroxylation is 1. The van der Waals surface area contributed by atoms with E-state index >= 15 is 0 Å². The molecule has 0 N–H and O–H groups in total. The Hall–Kier alpha value is -2.86. The molecule has 0 bridgehead atoms. The third-order valence-corrected chi connectivity index (χ3v) is 6.90. The molecular formula is C28H37N3O3. The average molecular weight is 464 g/mol. The van der Waals surface area contributed by atoms with Gasteiger partial charge in [-0.25, -0.2) is 0 Å². The first-order valence-electron chi connectivity index (χ1n) is 12.7. The molecule has 0 radical (unpaired) electrons. The maximum absolute atomic E-state index is 13.1. The highest BCUT2D eigenvalue weighted by Crippen LogP contribution is 2.32. The molecule has 0 aliphatic carbocycles. The van der Waals surface area contributed by atoms with Crippen molar-refractivity contribution in [3.8, 4) is 5.75 Å². The number of benzene rings is 2. The number of nitrogens with zero attached hydrogens (tertiary/aromatic N) is 3. The van der Waals surface area contributed by atoms with E-state index in [-0.39, 0.29) is 17.9 Å². The van der Waals surface area contributed by atoms with Gasteiger partial charge in [-0.3, -0.25) is 9.59 Å². The Balaban J connectivity index is 1.27. The lowest BCUT2D eigenvalue weighted by Gasteiger charge is -2.41. The predicted octanol–water partition coefficient (Wildman–Crippen LogP) is 4.38. The zero-order valence-electron chi connectivity index (χ0n) is 20.5. The summed E-state index contributed by atoms with van der Waals surface area (Å²) < 4.78 is 5.85. The lowest BCUT2D eigenvalue weighted by Crippen LogP contribution is -2.50. The summed E-state index contributed by atoms with van der Waals surface area (Å²) in [6.45, 7) is 6.32. The highest BCUT2D eigenvalue weighted by molar-refractivity contribution is 5.97. The molecule has 0 aromatic heterocycles. The Labute approximate surface area is 203 Å². The van der Waals surface area contributed by atoms with Gasteiger partial charge in [-0.15, -0.1) is 0 Å². The molecular weight excluding hydrogens is 426 g/mol. The molecule has 0 unspecified atom stereocenters. The number of fused-ring (bicyclic) bond motifs is 1. The van der Waals surface area contributed by atoms with E-state index in [1.807, 2.05) is 46.2 Å². The first kappa shape index (κ1) is 24.3. The Kier molecular flexibility index (Phi) is 8.22. The summed E-state index contributed by atoms with van der Waals surface area (Å²) in [5.74, 6) is 1.06. The van der Waals surface area contributed by atoms with Crippen LogP contribution in [0.3, 0.4) is 0 Å². The van der Waals surface area contributed by atoms with Crippen LogP contribution in [0.5, 0.6) is 5.75 Å². The summed E-state index contributed by atoms with van der Waals surface area (Å²) >= 11 is 0. The minimum atomic E-state index is 0.0524. The van der Waals surface area contributed by atoms with Gasteiger partial charge in [0, 0.05) is 43.3 Å². The molecule has 2 aromatic carbocycles. The third kappa shape index (κ3) is 5.79. The van der Waals surface area contributed by atoms with Gasteiger partial charge < -0.3 is 19.4 Å². The first-order chi connectivity index (χ1) is 16.6. The van der Waals surface area contributed by atoms with Crippen LogP contribution in [-0.4, -0.2) is 67.5 Å². The number of piperidine rings is 1. The third-order valence-electron chi connectivity index (χ3n) is 6.90. The smallest absolute Gasteiger partial charge is 0.253 e. The predicted molar refractivity (Wildman–Crippen MR) is 136 cm³/mol. The number of ether oxygens (including phenoxy) is 1. The highest BCUT2D eigenvalue weighted by atomic mass is 16.5. The maximum atomic E-state index is 13.1. The number of rotatable bonds is 9. The zero-order valence-corrected chi connectivity index (χ0v) is 20.5. The lowest BCUT2D eigenvalue weighted by atomic mass is 9.95. The van der Waals surface area contributed by atoms with Gasteiger partial charge in [0.05, 0.1) is 6.61 Å². The monoisotopic (exact) mass is 463 g/mol. The van der Waals surface area contributed by atoms with Gasteiger partial charge in [0.15, 0.2) is 0 Å². The van der Waals surface area contributed by atoms with Crippen molar-refractivity contribution in [1.29, 1.82) is 0 Å². The van der Waals surface area contributed by atoms with Gasteiger partial charge in [0.1, 0.15) is 5.75 Å². The number of hydrogen-bond donors (Lipinski definition) is 0. The molecule has 1 fully saturated rings. The van der Waals surface area contributed by atoms with Gasteiger partial charge in [-0.1, -0.05) is 25.1 Å². The molecule has 0 spiro atoms. The lowest BCUT2D eigenvalue weighted by molar-refractivity contribution is -0.119. The SMILES string of the molecule is CCCN(C)CCCOc1ccc(C(=O)N2CCC(N3C(=O)CCc4ccccc43)CC2)cc1. The summed E-state index contributed by atoms with van der Waals surface area (Å²) in [6.07, 6.45) is 5.14. The average Bonchev–Trinajstić information content (AvgIpc) is 2.87. The molecule has 2 aliphatic rings. The van der Waals surface area contributed by atoms with E-state index in [0.29, 0.717) is 31.7 Å². The largest absolute Gasteiger partial charge is 0.494 e. The number of likely N-dealkylation sites (tertiary alicyclic amines) is 1. The number of hydrogen-bond acceptors (Lipinski definition) is 4. The van der Waals surface area contributed by atoms with E-state index in [1.54, 1.807) is 0 Å². The normalized spacial score (nSPS) is 16.6. The van der Waals surface area contributed by atoms with Crippen molar-refractivity contribution >= 4 is 17.5 Å². The van der Waals surface area contributed by atoms with Gasteiger partial charge in [0.2, 0.25) is 5.91 Å². The van der Waals surface area contributed by atoms with E-state index in [4.69, 9.17) is 4.74 Å². The van der Waals surface area contributed by atoms with Crippen LogP contribution in [-0.2, 0) is 11.2 Å². The summed E-state index contributed by atoms with van der Waals surface area (Å²) in [4.78, 5) is 32.0. The van der Waals surface area contributed by atoms with Crippen LogP contribution in [0, 0.1) is 0 Å². The van der Waals surface area contributed by atoms with Crippen LogP contribution >= 0.6 is 0 Å². The number of carbonyl (C=O) groups excluding carboxylic acids is 2. The molecule has 0 saturated carbocycles. The fourth-order valence-corrected chi connectivity index (χ4v) is 5.08. The molecule has 6 nitrogen and oxygen atoms in total. The molecule has 4 rings (SSSR count). The summed E-state index contributed by atoms with van der Waals surface area (Å²) in [7, 11) is 2.13. The van der Waals surface area contributed by atoms with Crippen molar-refractivity contribution in [2.75, 3.05) is 44.7 Å². The zero-order chi connectivity index (χ0) is 23.9. The van der Waals surface area contributed by atoms with Gasteiger partial charge in [-0.2, -0.15) is 0 Å². The van der Waals surface area contributed by atoms with Gasteiger partial charge in [0.25, 0.3) is 5.91 Å². The Bertz CT molecular complexity index is 967. The minimum absolute atomic E-state index is 0.0524. The van der Waals surface area contributed by atoms with Crippen LogP contribution in [0.25, 0.3) is 0 Å². The number of para-hydroxylation sites is 1. The van der Waals surface area contributed by atoms with Crippen LogP contribution in [0.1, 0.15) is 54.9 Å². The highest BCUT2D eigenvalue weighted by Gasteiger charge is 2.33. The first-order valence-corrected chi connectivity index (χ1v) is 12.7. The second-order valence-corrected chi connectivity index (χ2v) is 9.45. The van der Waals surface area contributed by atoms with Crippen molar-refractivity contribution in [2.45, 2.75) is 51.5 Å². The minimum Gasteiger partial charge on any atom is -0.494 e. The molecule has 34 heavy (non-hydrogen) atoms. The molecule has 2 aliphatic heterocycles. The summed E-state index contributed by atoms with van der Waals surface area (Å²) in [6, 6.07) is 15.9. The Morgan fingerprint density at radius 2 is 1.76 bits per heavy atom. The fraction of sp³-hybridized carbons (Fsp3) is 0.500. The van der Waals surface area contributed by atoms with Gasteiger partial charge in [-0.05, 0) is 81.6 Å². The van der Waals surface area contributed by atoms with Crippen molar-refractivity contribution in [1.82, 2.24) is 9.80 Å². The van der Waals surface area contributed by atoms with Crippen LogP contribution in [0.4, 0.5) is 5.69 Å².